The molecule has 0 saturated heterocycles. The van der Waals surface area contributed by atoms with E-state index < -0.39 is 24.0 Å². The summed E-state index contributed by atoms with van der Waals surface area (Å²) >= 11 is 0. The van der Waals surface area contributed by atoms with Crippen LogP contribution in [0.1, 0.15) is 44.3 Å². The number of aliphatic carboxylic acids is 1. The van der Waals surface area contributed by atoms with Crippen LogP contribution in [0.3, 0.4) is 0 Å². The lowest BCUT2D eigenvalue weighted by atomic mass is 9.80. The first-order valence-corrected chi connectivity index (χ1v) is 6.88. The SMILES string of the molecule is O=C(O)C1(Cn2nnnc2CC(F)(F)F)CCCCCC1. The van der Waals surface area contributed by atoms with Gasteiger partial charge in [0.1, 0.15) is 6.42 Å². The van der Waals surface area contributed by atoms with Crippen LogP contribution in [0.25, 0.3) is 0 Å². The molecule has 1 aliphatic rings. The minimum atomic E-state index is -4.42. The third-order valence-electron chi connectivity index (χ3n) is 3.93. The van der Waals surface area contributed by atoms with E-state index >= 15 is 0 Å². The van der Waals surface area contributed by atoms with Gasteiger partial charge in [-0.15, -0.1) is 5.10 Å². The molecule has 0 radical (unpaired) electrons. The summed E-state index contributed by atoms with van der Waals surface area (Å²) in [6.07, 6.45) is -1.41. The van der Waals surface area contributed by atoms with Crippen LogP contribution in [0.2, 0.25) is 0 Å². The number of hydrogen-bond donors (Lipinski definition) is 1. The maximum absolute atomic E-state index is 12.5. The Morgan fingerprint density at radius 2 is 1.86 bits per heavy atom. The number of tetrazole rings is 1. The van der Waals surface area contributed by atoms with Crippen molar-refractivity contribution in [2.75, 3.05) is 0 Å². The molecular formula is C12H17F3N4O2. The topological polar surface area (TPSA) is 80.9 Å². The van der Waals surface area contributed by atoms with Crippen LogP contribution in [-0.4, -0.2) is 37.5 Å². The van der Waals surface area contributed by atoms with E-state index in [0.717, 1.165) is 30.4 Å². The van der Waals surface area contributed by atoms with Crippen LogP contribution < -0.4 is 0 Å². The van der Waals surface area contributed by atoms with E-state index in [-0.39, 0.29) is 12.4 Å². The maximum Gasteiger partial charge on any atom is 0.396 e. The number of carboxylic acids is 1. The Hall–Kier alpha value is -1.67. The van der Waals surface area contributed by atoms with Crippen molar-refractivity contribution in [3.63, 3.8) is 0 Å². The molecule has 0 unspecified atom stereocenters. The molecule has 1 aromatic rings. The molecule has 1 heterocycles. The Bertz CT molecular complexity index is 493. The van der Waals surface area contributed by atoms with E-state index in [2.05, 4.69) is 15.5 Å². The fraction of sp³-hybridized carbons (Fsp3) is 0.833. The molecule has 9 heteroatoms. The Labute approximate surface area is 119 Å². The summed E-state index contributed by atoms with van der Waals surface area (Å²) in [5.74, 6) is -1.33. The molecular weight excluding hydrogens is 289 g/mol. The van der Waals surface area contributed by atoms with Crippen LogP contribution in [0, 0.1) is 5.41 Å². The number of rotatable bonds is 4. The van der Waals surface area contributed by atoms with Gasteiger partial charge in [-0.3, -0.25) is 4.79 Å². The van der Waals surface area contributed by atoms with E-state index in [0.29, 0.717) is 12.8 Å². The molecule has 1 N–H and O–H groups in total. The molecule has 1 fully saturated rings. The minimum absolute atomic E-state index is 0.110. The standard InChI is InChI=1S/C12H17F3N4O2/c13-12(14,15)7-9-16-17-18-19(9)8-11(10(20)21)5-3-1-2-4-6-11/h1-8H2,(H,20,21). The van der Waals surface area contributed by atoms with Gasteiger partial charge < -0.3 is 5.11 Å². The highest BCUT2D eigenvalue weighted by atomic mass is 19.4. The monoisotopic (exact) mass is 306 g/mol. The van der Waals surface area contributed by atoms with Gasteiger partial charge in [-0.1, -0.05) is 25.7 Å². The summed E-state index contributed by atoms with van der Waals surface area (Å²) < 4.78 is 38.4. The lowest BCUT2D eigenvalue weighted by Crippen LogP contribution is -2.36. The van der Waals surface area contributed by atoms with Crippen molar-refractivity contribution >= 4 is 5.97 Å². The highest BCUT2D eigenvalue weighted by molar-refractivity contribution is 5.74. The van der Waals surface area contributed by atoms with Gasteiger partial charge in [0.2, 0.25) is 0 Å². The highest BCUT2D eigenvalue weighted by Crippen LogP contribution is 2.37. The zero-order valence-electron chi connectivity index (χ0n) is 11.4. The second-order valence-electron chi connectivity index (χ2n) is 5.54. The Morgan fingerprint density at radius 3 is 2.38 bits per heavy atom. The minimum Gasteiger partial charge on any atom is -0.481 e. The van der Waals surface area contributed by atoms with Gasteiger partial charge >= 0.3 is 12.1 Å². The molecule has 0 aliphatic heterocycles. The molecule has 1 aromatic heterocycles. The lowest BCUT2D eigenvalue weighted by Gasteiger charge is -2.28. The molecule has 0 amide bonds. The lowest BCUT2D eigenvalue weighted by molar-refractivity contribution is -0.151. The number of nitrogens with zero attached hydrogens (tertiary/aromatic N) is 4. The molecule has 1 aliphatic carbocycles. The van der Waals surface area contributed by atoms with Gasteiger partial charge in [-0.25, -0.2) is 4.68 Å². The first-order valence-electron chi connectivity index (χ1n) is 6.88. The predicted octanol–water partition coefficient (Wildman–Crippen LogP) is 2.20. The van der Waals surface area contributed by atoms with Gasteiger partial charge in [0, 0.05) is 0 Å². The number of halogens is 3. The second kappa shape index (κ2) is 5.98. The Kier molecular flexibility index (Phi) is 4.48. The van der Waals surface area contributed by atoms with Gasteiger partial charge in [-0.2, -0.15) is 13.2 Å². The van der Waals surface area contributed by atoms with E-state index in [1.807, 2.05) is 0 Å². The number of aromatic nitrogens is 4. The van der Waals surface area contributed by atoms with E-state index in [4.69, 9.17) is 0 Å². The van der Waals surface area contributed by atoms with Crippen LogP contribution >= 0.6 is 0 Å². The Balaban J connectivity index is 2.21. The van der Waals surface area contributed by atoms with Crippen LogP contribution in [0.15, 0.2) is 0 Å². The fourth-order valence-corrected chi connectivity index (χ4v) is 2.78. The van der Waals surface area contributed by atoms with Crippen molar-refractivity contribution in [1.82, 2.24) is 20.2 Å². The van der Waals surface area contributed by atoms with Gasteiger partial charge in [-0.05, 0) is 23.3 Å². The largest absolute Gasteiger partial charge is 0.481 e. The first kappa shape index (κ1) is 15.7. The third kappa shape index (κ3) is 3.92. The van der Waals surface area contributed by atoms with Gasteiger partial charge in [0.05, 0.1) is 12.0 Å². The summed E-state index contributed by atoms with van der Waals surface area (Å²) in [7, 11) is 0. The number of carboxylic acid groups (broad SMARTS) is 1. The molecule has 6 nitrogen and oxygen atoms in total. The van der Waals surface area contributed by atoms with Crippen LogP contribution in [-0.2, 0) is 17.8 Å². The van der Waals surface area contributed by atoms with Crippen molar-refractivity contribution in [3.05, 3.63) is 5.82 Å². The third-order valence-corrected chi connectivity index (χ3v) is 3.93. The van der Waals surface area contributed by atoms with Gasteiger partial charge in [0.25, 0.3) is 0 Å². The van der Waals surface area contributed by atoms with Gasteiger partial charge in [0.15, 0.2) is 5.82 Å². The molecule has 0 aromatic carbocycles. The number of hydrogen-bond acceptors (Lipinski definition) is 4. The normalized spacial score (nSPS) is 19.2. The van der Waals surface area contributed by atoms with E-state index in [1.165, 1.54) is 0 Å². The maximum atomic E-state index is 12.5. The average molecular weight is 306 g/mol. The summed E-state index contributed by atoms with van der Waals surface area (Å²) in [6, 6.07) is 0. The zero-order valence-corrected chi connectivity index (χ0v) is 11.4. The zero-order chi connectivity index (χ0) is 15.5. The molecule has 0 bridgehead atoms. The quantitative estimate of drug-likeness (QED) is 0.863. The predicted molar refractivity (Wildman–Crippen MR) is 65.3 cm³/mol. The summed E-state index contributed by atoms with van der Waals surface area (Å²) in [4.78, 5) is 11.6. The van der Waals surface area contributed by atoms with E-state index in [9.17, 15) is 23.1 Å². The molecule has 2 rings (SSSR count). The molecule has 21 heavy (non-hydrogen) atoms. The van der Waals surface area contributed by atoms with E-state index in [1.54, 1.807) is 0 Å². The van der Waals surface area contributed by atoms with Crippen LogP contribution in [0.4, 0.5) is 13.2 Å². The van der Waals surface area contributed by atoms with Crippen molar-refractivity contribution in [2.24, 2.45) is 5.41 Å². The summed E-state index contributed by atoms with van der Waals surface area (Å²) in [6.45, 7) is -0.110. The smallest absolute Gasteiger partial charge is 0.396 e. The average Bonchev–Trinajstić information content (AvgIpc) is 2.64. The highest BCUT2D eigenvalue weighted by Gasteiger charge is 2.41. The fourth-order valence-electron chi connectivity index (χ4n) is 2.78. The van der Waals surface area contributed by atoms with Crippen molar-refractivity contribution in [3.8, 4) is 0 Å². The number of alkyl halides is 3. The molecule has 0 atom stereocenters. The Morgan fingerprint density at radius 1 is 1.24 bits per heavy atom. The summed E-state index contributed by atoms with van der Waals surface area (Å²) in [5, 5.41) is 19.7. The second-order valence-corrected chi connectivity index (χ2v) is 5.54. The molecule has 0 spiro atoms. The van der Waals surface area contributed by atoms with Crippen molar-refractivity contribution in [2.45, 2.75) is 57.7 Å². The molecule has 118 valence electrons. The van der Waals surface area contributed by atoms with Crippen molar-refractivity contribution in [1.29, 1.82) is 0 Å². The van der Waals surface area contributed by atoms with Crippen LogP contribution in [0.5, 0.6) is 0 Å². The molecule has 1 saturated carbocycles. The summed E-state index contributed by atoms with van der Waals surface area (Å²) in [5.41, 5.74) is -1.08. The number of carbonyl (C=O) groups is 1. The first-order chi connectivity index (χ1) is 9.82. The van der Waals surface area contributed by atoms with Crippen molar-refractivity contribution < 1.29 is 23.1 Å².